The minimum Gasteiger partial charge on any atom is -0.490 e. The number of nitrogens with zero attached hydrogens (tertiary/aromatic N) is 2. The van der Waals surface area contributed by atoms with Crippen LogP contribution >= 0.6 is 0 Å². The van der Waals surface area contributed by atoms with Gasteiger partial charge in [-0.2, -0.15) is 5.10 Å². The maximum atomic E-state index is 12.8. The standard InChI is InChI=1S/C21H21N3O4/c1-27-19-13-28-18(10-17(19)25)21(26)24-9-5-8-15(12-24)20-16(11-22-23-20)14-6-3-2-4-7-14/h2-4,6-7,10-11,13,15H,5,8-9,12H2,1H3,(H,22,23)/t15-/m0/s1. The zero-order valence-electron chi connectivity index (χ0n) is 15.6. The third-order valence-corrected chi connectivity index (χ3v) is 5.10. The number of ether oxygens (including phenoxy) is 1. The smallest absolute Gasteiger partial charge is 0.289 e. The number of amides is 1. The van der Waals surface area contributed by atoms with Crippen molar-refractivity contribution in [2.75, 3.05) is 20.2 Å². The molecule has 0 unspecified atom stereocenters. The van der Waals surface area contributed by atoms with E-state index < -0.39 is 0 Å². The minimum atomic E-state index is -0.370. The van der Waals surface area contributed by atoms with E-state index in [1.54, 1.807) is 4.90 Å². The third-order valence-electron chi connectivity index (χ3n) is 5.10. The molecular weight excluding hydrogens is 358 g/mol. The van der Waals surface area contributed by atoms with Crippen LogP contribution in [0.3, 0.4) is 0 Å². The van der Waals surface area contributed by atoms with Crippen LogP contribution in [0.25, 0.3) is 11.1 Å². The Morgan fingerprint density at radius 3 is 2.89 bits per heavy atom. The molecule has 7 heteroatoms. The van der Waals surface area contributed by atoms with Gasteiger partial charge in [-0.3, -0.25) is 14.7 Å². The van der Waals surface area contributed by atoms with Gasteiger partial charge in [-0.15, -0.1) is 0 Å². The lowest BCUT2D eigenvalue weighted by molar-refractivity contribution is 0.0670. The molecule has 1 aliphatic rings. The molecule has 144 valence electrons. The lowest BCUT2D eigenvalue weighted by Crippen LogP contribution is -2.39. The Morgan fingerprint density at radius 1 is 1.32 bits per heavy atom. The van der Waals surface area contributed by atoms with Gasteiger partial charge in [-0.05, 0) is 18.4 Å². The summed E-state index contributed by atoms with van der Waals surface area (Å²) in [5.74, 6) is -0.0389. The predicted octanol–water partition coefficient (Wildman–Crippen LogP) is 3.06. The van der Waals surface area contributed by atoms with E-state index >= 15 is 0 Å². The fourth-order valence-electron chi connectivity index (χ4n) is 3.67. The third kappa shape index (κ3) is 3.43. The predicted molar refractivity (Wildman–Crippen MR) is 103 cm³/mol. The number of hydrogen-bond acceptors (Lipinski definition) is 5. The largest absolute Gasteiger partial charge is 0.490 e. The van der Waals surface area contributed by atoms with Crippen LogP contribution in [-0.2, 0) is 0 Å². The van der Waals surface area contributed by atoms with Crippen molar-refractivity contribution >= 4 is 5.91 Å². The molecule has 4 rings (SSSR count). The number of hydrogen-bond donors (Lipinski definition) is 1. The zero-order chi connectivity index (χ0) is 19.5. The number of piperidine rings is 1. The molecule has 1 aromatic carbocycles. The maximum absolute atomic E-state index is 12.8. The molecule has 1 amide bonds. The number of aromatic amines is 1. The van der Waals surface area contributed by atoms with E-state index in [1.807, 2.05) is 36.5 Å². The lowest BCUT2D eigenvalue weighted by Gasteiger charge is -2.32. The Morgan fingerprint density at radius 2 is 2.14 bits per heavy atom. The Kier molecular flexibility index (Phi) is 4.97. The normalized spacial score (nSPS) is 16.8. The highest BCUT2D eigenvalue weighted by Gasteiger charge is 2.29. The number of rotatable bonds is 4. The van der Waals surface area contributed by atoms with Crippen molar-refractivity contribution < 1.29 is 13.9 Å². The van der Waals surface area contributed by atoms with Crippen LogP contribution in [0, 0.1) is 0 Å². The van der Waals surface area contributed by atoms with E-state index in [0.717, 1.165) is 29.7 Å². The van der Waals surface area contributed by atoms with Crippen molar-refractivity contribution in [3.8, 4) is 16.9 Å². The summed E-state index contributed by atoms with van der Waals surface area (Å²) in [6.07, 6.45) is 4.83. The van der Waals surface area contributed by atoms with Crippen molar-refractivity contribution in [3.05, 3.63) is 70.5 Å². The van der Waals surface area contributed by atoms with Gasteiger partial charge in [0.15, 0.2) is 5.76 Å². The van der Waals surface area contributed by atoms with E-state index in [-0.39, 0.29) is 28.8 Å². The fourth-order valence-corrected chi connectivity index (χ4v) is 3.67. The molecule has 1 saturated heterocycles. The molecule has 0 radical (unpaired) electrons. The Bertz CT molecular complexity index is 1030. The molecule has 3 aromatic rings. The number of H-pyrrole nitrogens is 1. The number of carbonyl (C=O) groups excluding carboxylic acids is 1. The Labute approximate surface area is 161 Å². The lowest BCUT2D eigenvalue weighted by atomic mass is 9.90. The molecule has 1 atom stereocenters. The average molecular weight is 379 g/mol. The van der Waals surface area contributed by atoms with Crippen molar-refractivity contribution in [1.29, 1.82) is 0 Å². The number of likely N-dealkylation sites (tertiary alicyclic amines) is 1. The quantitative estimate of drug-likeness (QED) is 0.753. The van der Waals surface area contributed by atoms with Gasteiger partial charge in [0.1, 0.15) is 6.26 Å². The molecule has 3 heterocycles. The highest BCUT2D eigenvalue weighted by Crippen LogP contribution is 2.33. The summed E-state index contributed by atoms with van der Waals surface area (Å²) in [5, 5.41) is 7.35. The summed E-state index contributed by atoms with van der Waals surface area (Å²) in [5.41, 5.74) is 2.80. The summed E-state index contributed by atoms with van der Waals surface area (Å²) in [7, 11) is 1.39. The second-order valence-electron chi connectivity index (χ2n) is 6.83. The van der Waals surface area contributed by atoms with Crippen LogP contribution in [0.4, 0.5) is 0 Å². The van der Waals surface area contributed by atoms with Gasteiger partial charge in [0, 0.05) is 36.3 Å². The van der Waals surface area contributed by atoms with Gasteiger partial charge < -0.3 is 14.1 Å². The minimum absolute atomic E-state index is 0.0272. The van der Waals surface area contributed by atoms with Gasteiger partial charge in [0.25, 0.3) is 5.91 Å². The SMILES string of the molecule is COc1coc(C(=O)N2CCC[C@H](c3[nH]ncc3-c3ccccc3)C2)cc1=O. The van der Waals surface area contributed by atoms with Gasteiger partial charge in [-0.1, -0.05) is 30.3 Å². The molecule has 0 aliphatic carbocycles. The molecule has 0 spiro atoms. The molecule has 1 N–H and O–H groups in total. The Hall–Kier alpha value is -3.35. The molecule has 1 aliphatic heterocycles. The first-order chi connectivity index (χ1) is 13.7. The van der Waals surface area contributed by atoms with Crippen LogP contribution in [0.1, 0.15) is 35.0 Å². The second-order valence-corrected chi connectivity index (χ2v) is 6.83. The number of aromatic nitrogens is 2. The van der Waals surface area contributed by atoms with Crippen LogP contribution in [-0.4, -0.2) is 41.2 Å². The van der Waals surface area contributed by atoms with Gasteiger partial charge in [0.05, 0.1) is 13.3 Å². The number of methoxy groups -OCH3 is 1. The summed E-state index contributed by atoms with van der Waals surface area (Å²) in [6, 6.07) is 11.3. The topological polar surface area (TPSA) is 88.4 Å². The van der Waals surface area contributed by atoms with E-state index in [2.05, 4.69) is 10.2 Å². The molecule has 0 saturated carbocycles. The van der Waals surface area contributed by atoms with Crippen LogP contribution < -0.4 is 10.2 Å². The van der Waals surface area contributed by atoms with Crippen molar-refractivity contribution in [2.45, 2.75) is 18.8 Å². The van der Waals surface area contributed by atoms with Crippen LogP contribution in [0.2, 0.25) is 0 Å². The molecule has 0 bridgehead atoms. The summed E-state index contributed by atoms with van der Waals surface area (Å²) >= 11 is 0. The molecule has 7 nitrogen and oxygen atoms in total. The first-order valence-corrected chi connectivity index (χ1v) is 9.22. The fraction of sp³-hybridized carbons (Fsp3) is 0.286. The van der Waals surface area contributed by atoms with Gasteiger partial charge >= 0.3 is 0 Å². The summed E-state index contributed by atoms with van der Waals surface area (Å²) in [6.45, 7) is 1.16. The first-order valence-electron chi connectivity index (χ1n) is 9.22. The van der Waals surface area contributed by atoms with Crippen LogP contribution in [0.5, 0.6) is 5.75 Å². The molecule has 28 heavy (non-hydrogen) atoms. The first kappa shape index (κ1) is 18.0. The number of benzene rings is 1. The molecule has 1 fully saturated rings. The Balaban J connectivity index is 1.56. The highest BCUT2D eigenvalue weighted by atomic mass is 16.5. The second kappa shape index (κ2) is 7.72. The highest BCUT2D eigenvalue weighted by molar-refractivity contribution is 5.91. The summed E-state index contributed by atoms with van der Waals surface area (Å²) in [4.78, 5) is 26.5. The van der Waals surface area contributed by atoms with E-state index in [4.69, 9.17) is 9.15 Å². The zero-order valence-corrected chi connectivity index (χ0v) is 15.6. The monoisotopic (exact) mass is 379 g/mol. The number of carbonyl (C=O) groups is 1. The molecule has 2 aromatic heterocycles. The molecular formula is C21H21N3O4. The van der Waals surface area contributed by atoms with Gasteiger partial charge in [-0.25, -0.2) is 0 Å². The van der Waals surface area contributed by atoms with E-state index in [9.17, 15) is 9.59 Å². The van der Waals surface area contributed by atoms with E-state index in [1.165, 1.54) is 19.4 Å². The van der Waals surface area contributed by atoms with Crippen molar-refractivity contribution in [2.24, 2.45) is 0 Å². The van der Waals surface area contributed by atoms with Crippen molar-refractivity contribution in [3.63, 3.8) is 0 Å². The average Bonchev–Trinajstić information content (AvgIpc) is 3.24. The van der Waals surface area contributed by atoms with Gasteiger partial charge in [0.2, 0.25) is 11.2 Å². The van der Waals surface area contributed by atoms with Crippen molar-refractivity contribution in [1.82, 2.24) is 15.1 Å². The summed E-state index contributed by atoms with van der Waals surface area (Å²) < 4.78 is 10.2. The number of nitrogens with one attached hydrogen (secondary N) is 1. The van der Waals surface area contributed by atoms with E-state index in [0.29, 0.717) is 13.1 Å². The maximum Gasteiger partial charge on any atom is 0.289 e. The van der Waals surface area contributed by atoms with Crippen LogP contribution in [0.15, 0.2) is 58.1 Å².